The minimum atomic E-state index is -4.04. The molecule has 0 rings (SSSR count). The second-order valence-electron chi connectivity index (χ2n) is 4.51. The van der Waals surface area contributed by atoms with Gasteiger partial charge in [0.15, 0.2) is 0 Å². The van der Waals surface area contributed by atoms with E-state index < -0.39 is 12.6 Å². The van der Waals surface area contributed by atoms with Crippen molar-refractivity contribution in [3.8, 4) is 0 Å². The molecule has 114 valence electrons. The van der Waals surface area contributed by atoms with Crippen LogP contribution in [0.4, 0.5) is 13.2 Å². The van der Waals surface area contributed by atoms with Gasteiger partial charge in [-0.05, 0) is 19.3 Å². The van der Waals surface area contributed by atoms with Crippen molar-refractivity contribution in [2.75, 3.05) is 5.75 Å². The smallest absolute Gasteiger partial charge is 0.389 e. The Morgan fingerprint density at radius 3 is 2.37 bits per heavy atom. The maximum absolute atomic E-state index is 11.8. The first-order valence-electron chi connectivity index (χ1n) is 6.84. The fraction of sp³-hybridized carbons (Fsp3) is 0.923. The van der Waals surface area contributed by atoms with Crippen molar-refractivity contribution in [3.05, 3.63) is 0 Å². The number of halogens is 3. The van der Waals surface area contributed by atoms with Gasteiger partial charge in [0.25, 0.3) is 0 Å². The molecule has 0 saturated carbocycles. The van der Waals surface area contributed by atoms with Gasteiger partial charge in [-0.25, -0.2) is 0 Å². The Morgan fingerprint density at radius 2 is 1.74 bits per heavy atom. The fourth-order valence-electron chi connectivity index (χ4n) is 1.51. The second kappa shape index (κ2) is 11.4. The number of unbranched alkanes of at least 4 members (excludes halogenated alkanes) is 5. The van der Waals surface area contributed by atoms with Crippen LogP contribution in [-0.2, 0) is 8.98 Å². The predicted molar refractivity (Wildman–Crippen MR) is 71.8 cm³/mol. The third-order valence-electron chi connectivity index (χ3n) is 2.57. The van der Waals surface area contributed by atoms with Crippen LogP contribution in [-0.4, -0.2) is 17.9 Å². The van der Waals surface area contributed by atoms with Gasteiger partial charge < -0.3 is 4.18 Å². The Kier molecular flexibility index (Phi) is 11.2. The number of hydrogen-bond acceptors (Lipinski definition) is 3. The third kappa shape index (κ3) is 15.6. The average molecular weight is 300 g/mol. The Bertz CT molecular complexity index is 232. The van der Waals surface area contributed by atoms with E-state index in [0.29, 0.717) is 18.6 Å². The molecule has 0 heterocycles. The molecule has 0 saturated heterocycles. The molecule has 0 aliphatic carbocycles. The van der Waals surface area contributed by atoms with Gasteiger partial charge >= 0.3 is 12.1 Å². The molecule has 2 nitrogen and oxygen atoms in total. The molecule has 0 spiro atoms. The molecular formula is C13H23F3O2S. The molecular weight excluding hydrogens is 277 g/mol. The summed E-state index contributed by atoms with van der Waals surface area (Å²) in [5.74, 6) is 0.460. The minimum Gasteiger partial charge on any atom is -0.391 e. The highest BCUT2D eigenvalue weighted by Crippen LogP contribution is 2.23. The first-order valence-corrected chi connectivity index (χ1v) is 7.76. The molecule has 0 aromatic rings. The largest absolute Gasteiger partial charge is 0.391 e. The van der Waals surface area contributed by atoms with Crippen molar-refractivity contribution < 1.29 is 22.1 Å². The molecule has 6 heteroatoms. The predicted octanol–water partition coefficient (Wildman–Crippen LogP) is 5.27. The normalized spacial score (nSPS) is 11.6. The van der Waals surface area contributed by atoms with Crippen molar-refractivity contribution in [2.45, 2.75) is 70.9 Å². The van der Waals surface area contributed by atoms with Gasteiger partial charge in [0, 0.05) is 18.6 Å². The first-order chi connectivity index (χ1) is 8.95. The molecule has 0 atom stereocenters. The lowest BCUT2D eigenvalue weighted by atomic mass is 10.1. The van der Waals surface area contributed by atoms with Crippen LogP contribution in [0.5, 0.6) is 0 Å². The van der Waals surface area contributed by atoms with E-state index in [1.807, 2.05) is 0 Å². The molecule has 0 bridgehead atoms. The third-order valence-corrected chi connectivity index (χ3v) is 3.33. The molecule has 0 unspecified atom stereocenters. The summed E-state index contributed by atoms with van der Waals surface area (Å²) in [4.78, 5) is 11.2. The zero-order valence-corrected chi connectivity index (χ0v) is 12.2. The number of alkyl halides is 3. The van der Waals surface area contributed by atoms with Crippen LogP contribution >= 0.6 is 12.0 Å². The summed E-state index contributed by atoms with van der Waals surface area (Å²) in [6, 6.07) is 0. The zero-order chi connectivity index (χ0) is 14.6. The molecule has 0 amide bonds. The highest BCUT2D eigenvalue weighted by molar-refractivity contribution is 7.95. The molecule has 0 fully saturated rings. The minimum absolute atomic E-state index is 0.185. The Hall–Kier alpha value is -0.390. The van der Waals surface area contributed by atoms with Crippen LogP contribution in [0.25, 0.3) is 0 Å². The maximum atomic E-state index is 11.8. The standard InChI is InChI=1S/C13H23F3O2S/c1-2-3-6-9-12(17)18-19-11-8-5-4-7-10-13(14,15)16/h2-11H2,1H3. The SMILES string of the molecule is CCCCCC(=O)OSCCCCCCC(F)(F)F. The lowest BCUT2D eigenvalue weighted by molar-refractivity contribution is -0.136. The van der Waals surface area contributed by atoms with Crippen molar-refractivity contribution in [3.63, 3.8) is 0 Å². The second-order valence-corrected chi connectivity index (χ2v) is 5.32. The van der Waals surface area contributed by atoms with Crippen LogP contribution in [0.1, 0.15) is 64.7 Å². The van der Waals surface area contributed by atoms with Crippen LogP contribution in [0.3, 0.4) is 0 Å². The molecule has 0 aromatic carbocycles. The van der Waals surface area contributed by atoms with E-state index in [4.69, 9.17) is 4.18 Å². The molecule has 0 N–H and O–H groups in total. The van der Waals surface area contributed by atoms with Gasteiger partial charge in [-0.15, -0.1) is 0 Å². The lowest BCUT2D eigenvalue weighted by Crippen LogP contribution is -2.06. The van der Waals surface area contributed by atoms with Gasteiger partial charge in [-0.1, -0.05) is 32.6 Å². The van der Waals surface area contributed by atoms with Crippen LogP contribution in [0.15, 0.2) is 0 Å². The quantitative estimate of drug-likeness (QED) is 0.384. The molecule has 0 aliphatic rings. The summed E-state index contributed by atoms with van der Waals surface area (Å²) >= 11 is 1.11. The summed E-state index contributed by atoms with van der Waals surface area (Å²) in [6.07, 6.45) is 0.948. The van der Waals surface area contributed by atoms with Gasteiger partial charge in [0.1, 0.15) is 0 Å². The Balaban J connectivity index is 3.20. The highest BCUT2D eigenvalue weighted by Gasteiger charge is 2.25. The number of carbonyl (C=O) groups excluding carboxylic acids is 1. The first kappa shape index (κ1) is 18.6. The van der Waals surface area contributed by atoms with E-state index in [-0.39, 0.29) is 12.4 Å². The summed E-state index contributed by atoms with van der Waals surface area (Å²) in [6.45, 7) is 2.07. The van der Waals surface area contributed by atoms with Crippen molar-refractivity contribution in [1.82, 2.24) is 0 Å². The fourth-order valence-corrected chi connectivity index (χ4v) is 2.13. The number of rotatable bonds is 11. The monoisotopic (exact) mass is 300 g/mol. The summed E-state index contributed by atoms with van der Waals surface area (Å²) < 4.78 is 40.5. The van der Waals surface area contributed by atoms with E-state index in [9.17, 15) is 18.0 Å². The Labute approximate surface area is 117 Å². The maximum Gasteiger partial charge on any atom is 0.389 e. The van der Waals surface area contributed by atoms with Crippen LogP contribution in [0, 0.1) is 0 Å². The molecule has 0 radical (unpaired) electrons. The summed E-state index contributed by atoms with van der Waals surface area (Å²) in [5, 5.41) is 0. The van der Waals surface area contributed by atoms with E-state index in [1.165, 1.54) is 0 Å². The van der Waals surface area contributed by atoms with Crippen LogP contribution in [0.2, 0.25) is 0 Å². The number of hydrogen-bond donors (Lipinski definition) is 0. The molecule has 0 aromatic heterocycles. The van der Waals surface area contributed by atoms with E-state index in [0.717, 1.165) is 44.1 Å². The Morgan fingerprint density at radius 1 is 1.05 bits per heavy atom. The van der Waals surface area contributed by atoms with Crippen LogP contribution < -0.4 is 0 Å². The highest BCUT2D eigenvalue weighted by atomic mass is 32.2. The van der Waals surface area contributed by atoms with Crippen molar-refractivity contribution in [2.24, 2.45) is 0 Å². The van der Waals surface area contributed by atoms with Gasteiger partial charge in [-0.3, -0.25) is 4.79 Å². The van der Waals surface area contributed by atoms with Gasteiger partial charge in [-0.2, -0.15) is 13.2 Å². The molecule has 19 heavy (non-hydrogen) atoms. The van der Waals surface area contributed by atoms with Crippen molar-refractivity contribution >= 4 is 18.0 Å². The summed E-state index contributed by atoms with van der Waals surface area (Å²) in [7, 11) is 0. The van der Waals surface area contributed by atoms with E-state index in [2.05, 4.69) is 6.92 Å². The average Bonchev–Trinajstić information content (AvgIpc) is 2.31. The van der Waals surface area contributed by atoms with E-state index in [1.54, 1.807) is 0 Å². The van der Waals surface area contributed by atoms with Gasteiger partial charge in [0.2, 0.25) is 0 Å². The van der Waals surface area contributed by atoms with E-state index >= 15 is 0 Å². The topological polar surface area (TPSA) is 26.3 Å². The number of carbonyl (C=O) groups is 1. The van der Waals surface area contributed by atoms with Crippen molar-refractivity contribution in [1.29, 1.82) is 0 Å². The summed E-state index contributed by atoms with van der Waals surface area (Å²) in [5.41, 5.74) is 0. The molecule has 0 aliphatic heterocycles. The lowest BCUT2D eigenvalue weighted by Gasteiger charge is -2.05. The van der Waals surface area contributed by atoms with Gasteiger partial charge in [0.05, 0.1) is 12.0 Å². The zero-order valence-electron chi connectivity index (χ0n) is 11.4.